The van der Waals surface area contributed by atoms with E-state index < -0.39 is 13.0 Å². The lowest BCUT2D eigenvalue weighted by molar-refractivity contribution is 0.122. The van der Waals surface area contributed by atoms with Gasteiger partial charge in [0.2, 0.25) is 0 Å². The van der Waals surface area contributed by atoms with E-state index >= 15 is 0 Å². The van der Waals surface area contributed by atoms with Crippen molar-refractivity contribution in [2.24, 2.45) is 0 Å². The number of hydrogen-bond acceptors (Lipinski definition) is 2. The standard InChI is InChI=1S/C10H7Cl2F2N3/c11-6-1-2-7(8(12)3-6)10-15-5-17(16-10)4-9(13)14/h1-3,5,9H,4H2. The molecular weight excluding hydrogens is 271 g/mol. The molecule has 1 aromatic heterocycles. The largest absolute Gasteiger partial charge is 0.257 e. The van der Waals surface area contributed by atoms with Gasteiger partial charge in [-0.15, -0.1) is 0 Å². The molecule has 90 valence electrons. The fourth-order valence-electron chi connectivity index (χ4n) is 1.32. The van der Waals surface area contributed by atoms with Crippen LogP contribution in [0.15, 0.2) is 24.5 Å². The van der Waals surface area contributed by atoms with E-state index in [4.69, 9.17) is 23.2 Å². The van der Waals surface area contributed by atoms with Crippen LogP contribution in [0.5, 0.6) is 0 Å². The van der Waals surface area contributed by atoms with Gasteiger partial charge in [-0.3, -0.25) is 0 Å². The molecule has 0 radical (unpaired) electrons. The van der Waals surface area contributed by atoms with Crippen molar-refractivity contribution in [3.8, 4) is 11.4 Å². The van der Waals surface area contributed by atoms with Gasteiger partial charge in [-0.2, -0.15) is 5.10 Å². The number of alkyl halides is 2. The Hall–Kier alpha value is -1.20. The SMILES string of the molecule is FC(F)Cn1cnc(-c2ccc(Cl)cc2Cl)n1. The first kappa shape index (κ1) is 12.3. The van der Waals surface area contributed by atoms with Gasteiger partial charge in [-0.05, 0) is 18.2 Å². The Morgan fingerprint density at radius 3 is 2.71 bits per heavy atom. The second-order valence-corrected chi connectivity index (χ2v) is 4.15. The van der Waals surface area contributed by atoms with Gasteiger partial charge in [0, 0.05) is 10.6 Å². The van der Waals surface area contributed by atoms with E-state index in [1.54, 1.807) is 18.2 Å². The van der Waals surface area contributed by atoms with Gasteiger partial charge < -0.3 is 0 Å². The molecule has 2 rings (SSSR count). The molecule has 0 aliphatic heterocycles. The summed E-state index contributed by atoms with van der Waals surface area (Å²) in [7, 11) is 0. The Morgan fingerprint density at radius 2 is 2.06 bits per heavy atom. The smallest absolute Gasteiger partial charge is 0.247 e. The summed E-state index contributed by atoms with van der Waals surface area (Å²) in [5.74, 6) is 0.298. The Balaban J connectivity index is 2.30. The van der Waals surface area contributed by atoms with E-state index in [2.05, 4.69) is 10.1 Å². The lowest BCUT2D eigenvalue weighted by Crippen LogP contribution is -2.06. The van der Waals surface area contributed by atoms with E-state index in [1.165, 1.54) is 6.33 Å². The fraction of sp³-hybridized carbons (Fsp3) is 0.200. The van der Waals surface area contributed by atoms with Crippen LogP contribution in [0.4, 0.5) is 8.78 Å². The fourth-order valence-corrected chi connectivity index (χ4v) is 1.81. The minimum atomic E-state index is -2.47. The first-order valence-corrected chi connectivity index (χ1v) is 5.45. The van der Waals surface area contributed by atoms with Gasteiger partial charge in [0.05, 0.1) is 5.02 Å². The number of rotatable bonds is 3. The summed E-state index contributed by atoms with van der Waals surface area (Å²) in [4.78, 5) is 3.92. The number of benzene rings is 1. The van der Waals surface area contributed by atoms with Crippen molar-refractivity contribution in [3.05, 3.63) is 34.6 Å². The van der Waals surface area contributed by atoms with E-state index in [-0.39, 0.29) is 0 Å². The molecular formula is C10H7Cl2F2N3. The summed E-state index contributed by atoms with van der Waals surface area (Å²) < 4.78 is 25.3. The second kappa shape index (κ2) is 4.98. The average molecular weight is 278 g/mol. The van der Waals surface area contributed by atoms with Crippen molar-refractivity contribution in [2.75, 3.05) is 0 Å². The molecule has 0 bridgehead atoms. The van der Waals surface area contributed by atoms with Crippen molar-refractivity contribution in [1.82, 2.24) is 14.8 Å². The highest BCUT2D eigenvalue weighted by molar-refractivity contribution is 6.36. The molecule has 0 fully saturated rings. The molecule has 3 nitrogen and oxygen atoms in total. The second-order valence-electron chi connectivity index (χ2n) is 3.31. The highest BCUT2D eigenvalue weighted by atomic mass is 35.5. The monoisotopic (exact) mass is 277 g/mol. The van der Waals surface area contributed by atoms with Gasteiger partial charge in [-0.25, -0.2) is 18.4 Å². The summed E-state index contributed by atoms with van der Waals surface area (Å²) in [5, 5.41) is 4.78. The Morgan fingerprint density at radius 1 is 1.29 bits per heavy atom. The van der Waals surface area contributed by atoms with Crippen LogP contribution < -0.4 is 0 Å². The lowest BCUT2D eigenvalue weighted by atomic mass is 10.2. The molecule has 1 heterocycles. The molecule has 0 aliphatic carbocycles. The first-order chi connectivity index (χ1) is 8.06. The van der Waals surface area contributed by atoms with Crippen molar-refractivity contribution < 1.29 is 8.78 Å². The minimum Gasteiger partial charge on any atom is -0.247 e. The zero-order chi connectivity index (χ0) is 12.4. The van der Waals surface area contributed by atoms with Crippen LogP contribution in [0.1, 0.15) is 0 Å². The molecule has 0 atom stereocenters. The molecule has 0 amide bonds. The highest BCUT2D eigenvalue weighted by Gasteiger charge is 2.11. The molecule has 1 aromatic carbocycles. The molecule has 7 heteroatoms. The summed E-state index contributed by atoms with van der Waals surface area (Å²) >= 11 is 11.7. The zero-order valence-electron chi connectivity index (χ0n) is 8.45. The lowest BCUT2D eigenvalue weighted by Gasteiger charge is -2.00. The van der Waals surface area contributed by atoms with Gasteiger partial charge in [-0.1, -0.05) is 23.2 Å². The molecule has 17 heavy (non-hydrogen) atoms. The minimum absolute atomic E-state index is 0.298. The number of nitrogens with zero attached hydrogens (tertiary/aromatic N) is 3. The number of hydrogen-bond donors (Lipinski definition) is 0. The van der Waals surface area contributed by atoms with E-state index in [0.29, 0.717) is 21.4 Å². The molecule has 0 saturated heterocycles. The predicted molar refractivity (Wildman–Crippen MR) is 61.5 cm³/mol. The maximum atomic E-state index is 12.1. The molecule has 2 aromatic rings. The van der Waals surface area contributed by atoms with Crippen molar-refractivity contribution in [2.45, 2.75) is 13.0 Å². The normalized spacial score (nSPS) is 11.1. The summed E-state index contributed by atoms with van der Waals surface area (Å²) in [6.07, 6.45) is -1.22. The van der Waals surface area contributed by atoms with Crippen molar-refractivity contribution in [3.63, 3.8) is 0 Å². The van der Waals surface area contributed by atoms with Crippen molar-refractivity contribution >= 4 is 23.2 Å². The average Bonchev–Trinajstić information content (AvgIpc) is 2.65. The van der Waals surface area contributed by atoms with Crippen LogP contribution in [0.25, 0.3) is 11.4 Å². The quantitative estimate of drug-likeness (QED) is 0.860. The van der Waals surface area contributed by atoms with Crippen LogP contribution >= 0.6 is 23.2 Å². The maximum Gasteiger partial charge on any atom is 0.257 e. The summed E-state index contributed by atoms with van der Waals surface area (Å²) in [5.41, 5.74) is 0.559. The van der Waals surface area contributed by atoms with E-state index in [9.17, 15) is 8.78 Å². The third kappa shape index (κ3) is 2.92. The third-order valence-corrected chi connectivity index (χ3v) is 2.58. The van der Waals surface area contributed by atoms with Crippen LogP contribution in [-0.4, -0.2) is 21.2 Å². The van der Waals surface area contributed by atoms with Crippen LogP contribution in [0.2, 0.25) is 10.0 Å². The highest BCUT2D eigenvalue weighted by Crippen LogP contribution is 2.27. The van der Waals surface area contributed by atoms with Crippen LogP contribution in [0, 0.1) is 0 Å². The topological polar surface area (TPSA) is 30.7 Å². The zero-order valence-corrected chi connectivity index (χ0v) is 9.96. The number of aromatic nitrogens is 3. The summed E-state index contributed by atoms with van der Waals surface area (Å²) in [6, 6.07) is 4.83. The molecule has 0 N–H and O–H groups in total. The van der Waals surface area contributed by atoms with Crippen molar-refractivity contribution in [1.29, 1.82) is 0 Å². The predicted octanol–water partition coefficient (Wildman–Crippen LogP) is 3.52. The maximum absolute atomic E-state index is 12.1. The van der Waals surface area contributed by atoms with Gasteiger partial charge in [0.1, 0.15) is 12.9 Å². The molecule has 0 aliphatic rings. The molecule has 0 spiro atoms. The van der Waals surface area contributed by atoms with E-state index in [1.807, 2.05) is 0 Å². The van der Waals surface area contributed by atoms with Crippen LogP contribution in [-0.2, 0) is 6.54 Å². The third-order valence-electron chi connectivity index (χ3n) is 2.03. The Bertz CT molecular complexity index is 528. The van der Waals surface area contributed by atoms with Gasteiger partial charge >= 0.3 is 0 Å². The molecule has 0 saturated carbocycles. The van der Waals surface area contributed by atoms with E-state index in [0.717, 1.165) is 4.68 Å². The summed E-state index contributed by atoms with van der Waals surface area (Å²) in [6.45, 7) is -0.488. The van der Waals surface area contributed by atoms with Gasteiger partial charge in [0.25, 0.3) is 6.43 Å². The Labute approximate surface area is 106 Å². The van der Waals surface area contributed by atoms with Gasteiger partial charge in [0.15, 0.2) is 5.82 Å². The first-order valence-electron chi connectivity index (χ1n) is 4.69. The van der Waals surface area contributed by atoms with Crippen LogP contribution in [0.3, 0.4) is 0 Å². The Kier molecular flexibility index (Phi) is 3.59. The number of halogens is 4. The molecule has 0 unspecified atom stereocenters.